The van der Waals surface area contributed by atoms with Gasteiger partial charge in [0.2, 0.25) is 11.5 Å². The van der Waals surface area contributed by atoms with Crippen molar-refractivity contribution in [3.05, 3.63) is 78.5 Å². The number of hydrogen-bond acceptors (Lipinski definition) is 7. The van der Waals surface area contributed by atoms with Gasteiger partial charge >= 0.3 is 0 Å². The molecule has 0 spiro atoms. The van der Waals surface area contributed by atoms with Crippen LogP contribution in [-0.2, 0) is 0 Å². The second kappa shape index (κ2) is 7.65. The number of carbonyl (C=O) groups excluding carboxylic acids is 1. The topological polar surface area (TPSA) is 111 Å². The molecule has 9 nitrogen and oxygen atoms in total. The minimum absolute atomic E-state index is 0.113. The van der Waals surface area contributed by atoms with Gasteiger partial charge in [0.05, 0.1) is 23.3 Å². The molecule has 4 heterocycles. The Hall–Kier alpha value is -4.47. The molecule has 1 amide bonds. The van der Waals surface area contributed by atoms with Gasteiger partial charge < -0.3 is 9.73 Å². The van der Waals surface area contributed by atoms with E-state index in [1.54, 1.807) is 55.4 Å². The van der Waals surface area contributed by atoms with Crippen molar-refractivity contribution in [2.24, 2.45) is 0 Å². The van der Waals surface area contributed by atoms with Crippen LogP contribution in [0.5, 0.6) is 0 Å². The smallest absolute Gasteiger partial charge is 0.293 e. The highest BCUT2D eigenvalue weighted by atomic mass is 19.1. The van der Waals surface area contributed by atoms with Crippen LogP contribution in [0.4, 0.5) is 10.1 Å². The molecule has 0 bridgehead atoms. The summed E-state index contributed by atoms with van der Waals surface area (Å²) in [6, 6.07) is 4.25. The highest BCUT2D eigenvalue weighted by Crippen LogP contribution is 2.27. The van der Waals surface area contributed by atoms with Crippen LogP contribution >= 0.6 is 0 Å². The molecule has 0 atom stereocenters. The second-order valence-electron chi connectivity index (χ2n) is 7.06. The van der Waals surface area contributed by atoms with Crippen LogP contribution in [0.3, 0.4) is 0 Å². The molecule has 0 saturated carbocycles. The summed E-state index contributed by atoms with van der Waals surface area (Å²) in [5, 5.41) is 2.71. The summed E-state index contributed by atoms with van der Waals surface area (Å²) >= 11 is 0. The number of anilines is 1. The number of nitrogens with one attached hydrogen (secondary N) is 1. The summed E-state index contributed by atoms with van der Waals surface area (Å²) in [6.07, 6.45) is 9.90. The van der Waals surface area contributed by atoms with Crippen LogP contribution in [-0.4, -0.2) is 35.2 Å². The first-order chi connectivity index (χ1) is 15.5. The third kappa shape index (κ3) is 3.58. The molecule has 158 valence electrons. The maximum atomic E-state index is 14.6. The predicted molar refractivity (Wildman–Crippen MR) is 113 cm³/mol. The van der Waals surface area contributed by atoms with Crippen LogP contribution in [0.15, 0.2) is 59.8 Å². The number of rotatable bonds is 4. The number of hydrogen-bond donors (Lipinski definition) is 1. The minimum Gasteiger partial charge on any atom is -0.436 e. The SMILES string of the molecule is Cc1nc(C)c(C(=O)Nc2ccc(F)c(-c3cn4cc(-c5cnccn5)cnc4n3)c2)o1. The number of aryl methyl sites for hydroxylation is 2. The number of fused-ring (bicyclic) bond motifs is 1. The maximum absolute atomic E-state index is 14.6. The van der Waals surface area contributed by atoms with Gasteiger partial charge in [-0.05, 0) is 25.1 Å². The van der Waals surface area contributed by atoms with Crippen molar-refractivity contribution in [2.45, 2.75) is 13.8 Å². The average Bonchev–Trinajstić information content (AvgIpc) is 3.37. The van der Waals surface area contributed by atoms with Crippen molar-refractivity contribution >= 4 is 17.4 Å². The van der Waals surface area contributed by atoms with Gasteiger partial charge in [0.25, 0.3) is 5.91 Å². The molecule has 5 rings (SSSR count). The molecule has 0 unspecified atom stereocenters. The van der Waals surface area contributed by atoms with E-state index in [4.69, 9.17) is 4.42 Å². The largest absolute Gasteiger partial charge is 0.436 e. The lowest BCUT2D eigenvalue weighted by molar-refractivity contribution is 0.0994. The summed E-state index contributed by atoms with van der Waals surface area (Å²) in [5.74, 6) is -0.0419. The zero-order valence-corrected chi connectivity index (χ0v) is 17.1. The summed E-state index contributed by atoms with van der Waals surface area (Å²) in [6.45, 7) is 3.34. The van der Waals surface area contributed by atoms with Crippen LogP contribution in [0, 0.1) is 19.7 Å². The normalized spacial score (nSPS) is 11.1. The molecule has 0 aliphatic rings. The van der Waals surface area contributed by atoms with E-state index in [1.807, 2.05) is 0 Å². The quantitative estimate of drug-likeness (QED) is 0.462. The predicted octanol–water partition coefficient (Wildman–Crippen LogP) is 3.85. The molecule has 0 radical (unpaired) electrons. The van der Waals surface area contributed by atoms with E-state index in [0.717, 1.165) is 5.56 Å². The number of oxazole rings is 1. The number of benzene rings is 1. The Morgan fingerprint density at radius 1 is 1.06 bits per heavy atom. The number of amides is 1. The number of carbonyl (C=O) groups is 1. The zero-order valence-electron chi connectivity index (χ0n) is 17.1. The molecular formula is C22H16FN7O2. The van der Waals surface area contributed by atoms with E-state index in [1.165, 1.54) is 18.2 Å². The van der Waals surface area contributed by atoms with Gasteiger partial charge in [-0.2, -0.15) is 0 Å². The highest BCUT2D eigenvalue weighted by molar-refractivity contribution is 6.03. The highest BCUT2D eigenvalue weighted by Gasteiger charge is 2.18. The van der Waals surface area contributed by atoms with Gasteiger partial charge in [0, 0.05) is 54.7 Å². The average molecular weight is 429 g/mol. The van der Waals surface area contributed by atoms with Crippen LogP contribution < -0.4 is 5.32 Å². The van der Waals surface area contributed by atoms with Gasteiger partial charge in [-0.25, -0.2) is 19.3 Å². The molecular weight excluding hydrogens is 413 g/mol. The molecule has 0 aliphatic heterocycles. The Kier molecular flexibility index (Phi) is 4.66. The fourth-order valence-electron chi connectivity index (χ4n) is 3.32. The van der Waals surface area contributed by atoms with Gasteiger partial charge in [-0.15, -0.1) is 0 Å². The lowest BCUT2D eigenvalue weighted by Crippen LogP contribution is -2.12. The Balaban J connectivity index is 1.48. The van der Waals surface area contributed by atoms with Crippen LogP contribution in [0.1, 0.15) is 22.1 Å². The van der Waals surface area contributed by atoms with Crippen molar-refractivity contribution in [3.63, 3.8) is 0 Å². The number of nitrogens with zero attached hydrogens (tertiary/aromatic N) is 6. The fraction of sp³-hybridized carbons (Fsp3) is 0.0909. The fourth-order valence-corrected chi connectivity index (χ4v) is 3.32. The first kappa shape index (κ1) is 19.5. The molecule has 10 heteroatoms. The van der Waals surface area contributed by atoms with Crippen molar-refractivity contribution in [1.29, 1.82) is 0 Å². The van der Waals surface area contributed by atoms with E-state index in [2.05, 4.69) is 30.2 Å². The van der Waals surface area contributed by atoms with E-state index in [0.29, 0.717) is 34.4 Å². The molecule has 32 heavy (non-hydrogen) atoms. The zero-order chi connectivity index (χ0) is 22.2. The molecule has 1 aromatic carbocycles. The Morgan fingerprint density at radius 2 is 1.94 bits per heavy atom. The number of imidazole rings is 1. The Labute approximate surface area is 181 Å². The van der Waals surface area contributed by atoms with E-state index < -0.39 is 11.7 Å². The summed E-state index contributed by atoms with van der Waals surface area (Å²) in [7, 11) is 0. The summed E-state index contributed by atoms with van der Waals surface area (Å²) < 4.78 is 21.7. The molecule has 5 aromatic rings. The Bertz CT molecular complexity index is 1460. The molecule has 4 aromatic heterocycles. The maximum Gasteiger partial charge on any atom is 0.293 e. The lowest BCUT2D eigenvalue weighted by atomic mass is 10.1. The first-order valence-corrected chi connectivity index (χ1v) is 9.64. The van der Waals surface area contributed by atoms with E-state index in [-0.39, 0.29) is 11.3 Å². The summed E-state index contributed by atoms with van der Waals surface area (Å²) in [5.41, 5.74) is 2.87. The molecule has 1 N–H and O–H groups in total. The molecule has 0 fully saturated rings. The van der Waals surface area contributed by atoms with Crippen molar-refractivity contribution in [3.8, 4) is 22.5 Å². The van der Waals surface area contributed by atoms with E-state index >= 15 is 0 Å². The standard InChI is InChI=1S/C22H16FN7O2/c1-12-20(32-13(2)27-12)21(31)28-15-3-4-17(23)16(7-15)19-11-30-10-14(8-26-22(30)29-19)18-9-24-5-6-25-18/h3-11H,1-2H3,(H,28,31). The van der Waals surface area contributed by atoms with Crippen LogP contribution in [0.2, 0.25) is 0 Å². The van der Waals surface area contributed by atoms with Gasteiger partial charge in [0.15, 0.2) is 5.89 Å². The molecule has 0 aliphatic carbocycles. The monoisotopic (exact) mass is 429 g/mol. The van der Waals surface area contributed by atoms with Crippen molar-refractivity contribution in [2.75, 3.05) is 5.32 Å². The third-order valence-corrected chi connectivity index (χ3v) is 4.78. The number of aromatic nitrogens is 6. The lowest BCUT2D eigenvalue weighted by Gasteiger charge is -2.06. The first-order valence-electron chi connectivity index (χ1n) is 9.64. The van der Waals surface area contributed by atoms with Crippen molar-refractivity contribution in [1.82, 2.24) is 29.3 Å². The Morgan fingerprint density at radius 3 is 2.69 bits per heavy atom. The number of halogens is 1. The third-order valence-electron chi connectivity index (χ3n) is 4.78. The van der Waals surface area contributed by atoms with Gasteiger partial charge in [0.1, 0.15) is 5.82 Å². The van der Waals surface area contributed by atoms with E-state index in [9.17, 15) is 9.18 Å². The minimum atomic E-state index is -0.479. The van der Waals surface area contributed by atoms with Crippen molar-refractivity contribution < 1.29 is 13.6 Å². The second-order valence-corrected chi connectivity index (χ2v) is 7.06. The van der Waals surface area contributed by atoms with Gasteiger partial charge in [-0.3, -0.25) is 19.2 Å². The van der Waals surface area contributed by atoms with Gasteiger partial charge in [-0.1, -0.05) is 0 Å². The summed E-state index contributed by atoms with van der Waals surface area (Å²) in [4.78, 5) is 33.7. The molecule has 0 saturated heterocycles. The van der Waals surface area contributed by atoms with Crippen LogP contribution in [0.25, 0.3) is 28.3 Å².